The highest BCUT2D eigenvalue weighted by Gasteiger charge is 2.17. The molecule has 134 valence electrons. The Morgan fingerprint density at radius 3 is 2.65 bits per heavy atom. The lowest BCUT2D eigenvalue weighted by Gasteiger charge is -2.15. The summed E-state index contributed by atoms with van der Waals surface area (Å²) in [4.78, 5) is 24.5. The van der Waals surface area contributed by atoms with E-state index < -0.39 is 0 Å². The van der Waals surface area contributed by atoms with Crippen molar-refractivity contribution in [3.05, 3.63) is 76.8 Å². The van der Waals surface area contributed by atoms with E-state index in [9.17, 15) is 9.59 Å². The number of carbonyl (C=O) groups is 1. The van der Waals surface area contributed by atoms with Crippen LogP contribution in [0.5, 0.6) is 0 Å². The fraction of sp³-hybridized carbons (Fsp3) is 0.250. The molecule has 0 saturated carbocycles. The van der Waals surface area contributed by atoms with Gasteiger partial charge >= 0.3 is 0 Å². The van der Waals surface area contributed by atoms with E-state index in [0.717, 1.165) is 5.56 Å². The summed E-state index contributed by atoms with van der Waals surface area (Å²) in [6.45, 7) is 2.61. The quantitative estimate of drug-likeness (QED) is 0.710. The van der Waals surface area contributed by atoms with Crippen molar-refractivity contribution in [2.24, 2.45) is 0 Å². The van der Waals surface area contributed by atoms with Crippen molar-refractivity contribution < 1.29 is 9.21 Å². The molecule has 1 amide bonds. The number of hydrogen-bond acceptors (Lipinski definition) is 4. The van der Waals surface area contributed by atoms with E-state index in [1.54, 1.807) is 24.5 Å². The van der Waals surface area contributed by atoms with Crippen LogP contribution in [0.4, 0.5) is 0 Å². The Labute approximate surface area is 151 Å². The van der Waals surface area contributed by atoms with Crippen LogP contribution in [0, 0.1) is 0 Å². The molecule has 0 spiro atoms. The highest BCUT2D eigenvalue weighted by molar-refractivity contribution is 5.83. The minimum absolute atomic E-state index is 0.0473. The maximum absolute atomic E-state index is 12.5. The summed E-state index contributed by atoms with van der Waals surface area (Å²) in [5.41, 5.74) is 1.35. The second-order valence-electron chi connectivity index (χ2n) is 5.92. The minimum Gasteiger partial charge on any atom is -0.463 e. The van der Waals surface area contributed by atoms with E-state index in [4.69, 9.17) is 4.42 Å². The fourth-order valence-electron chi connectivity index (χ4n) is 2.83. The molecule has 0 radical (unpaired) electrons. The predicted molar refractivity (Wildman–Crippen MR) is 98.7 cm³/mol. The average molecular weight is 351 g/mol. The molecular weight excluding hydrogens is 330 g/mol. The molecule has 2 aromatic heterocycles. The molecule has 2 heterocycles. The molecule has 3 aromatic rings. The Morgan fingerprint density at radius 1 is 1.15 bits per heavy atom. The first-order valence-corrected chi connectivity index (χ1v) is 8.63. The number of nitrogens with one attached hydrogen (secondary N) is 1. The van der Waals surface area contributed by atoms with Gasteiger partial charge in [-0.2, -0.15) is 5.10 Å². The normalized spacial score (nSPS) is 11.9. The van der Waals surface area contributed by atoms with E-state index in [0.29, 0.717) is 31.0 Å². The molecule has 1 N–H and O–H groups in total. The van der Waals surface area contributed by atoms with E-state index in [1.807, 2.05) is 37.3 Å². The zero-order valence-electron chi connectivity index (χ0n) is 14.6. The Balaban J connectivity index is 1.63. The van der Waals surface area contributed by atoms with Crippen LogP contribution in [0.3, 0.4) is 0 Å². The smallest absolute Gasteiger partial charge is 0.266 e. The number of rotatable bonds is 7. The third-order valence-electron chi connectivity index (χ3n) is 4.19. The van der Waals surface area contributed by atoms with Crippen LogP contribution in [-0.4, -0.2) is 22.2 Å². The molecule has 0 bridgehead atoms. The SMILES string of the molecule is CC[C@@H](C(=O)NCCn1nc(-c2ccco2)ccc1=O)c1ccccc1. The third kappa shape index (κ3) is 4.08. The molecular formula is C20H21N3O3. The lowest BCUT2D eigenvalue weighted by atomic mass is 9.96. The number of nitrogens with zero attached hydrogens (tertiary/aromatic N) is 2. The van der Waals surface area contributed by atoms with E-state index >= 15 is 0 Å². The van der Waals surface area contributed by atoms with Gasteiger partial charge in [0.05, 0.1) is 18.7 Å². The molecule has 0 fully saturated rings. The van der Waals surface area contributed by atoms with Gasteiger partial charge in [0.15, 0.2) is 5.76 Å². The van der Waals surface area contributed by atoms with Crippen molar-refractivity contribution >= 4 is 5.91 Å². The highest BCUT2D eigenvalue weighted by atomic mass is 16.3. The Kier molecular flexibility index (Phi) is 5.63. The van der Waals surface area contributed by atoms with Gasteiger partial charge in [0.25, 0.3) is 5.56 Å². The molecule has 0 aliphatic carbocycles. The predicted octanol–water partition coefficient (Wildman–Crippen LogP) is 2.81. The summed E-state index contributed by atoms with van der Waals surface area (Å²) in [7, 11) is 0. The molecule has 26 heavy (non-hydrogen) atoms. The number of amides is 1. The second-order valence-corrected chi connectivity index (χ2v) is 5.92. The first-order chi connectivity index (χ1) is 12.7. The lowest BCUT2D eigenvalue weighted by molar-refractivity contribution is -0.122. The van der Waals surface area contributed by atoms with Gasteiger partial charge in [-0.05, 0) is 30.2 Å². The molecule has 1 atom stereocenters. The maximum Gasteiger partial charge on any atom is 0.266 e. The van der Waals surface area contributed by atoms with Gasteiger partial charge in [-0.25, -0.2) is 4.68 Å². The van der Waals surface area contributed by atoms with Crippen molar-refractivity contribution in [1.82, 2.24) is 15.1 Å². The number of aromatic nitrogens is 2. The zero-order valence-corrected chi connectivity index (χ0v) is 14.6. The molecule has 6 heteroatoms. The number of benzene rings is 1. The van der Waals surface area contributed by atoms with Crippen LogP contribution in [-0.2, 0) is 11.3 Å². The fourth-order valence-corrected chi connectivity index (χ4v) is 2.83. The van der Waals surface area contributed by atoms with Gasteiger partial charge in [-0.15, -0.1) is 0 Å². The average Bonchev–Trinajstić information content (AvgIpc) is 3.19. The van der Waals surface area contributed by atoms with E-state index in [1.165, 1.54) is 10.7 Å². The van der Waals surface area contributed by atoms with Crippen LogP contribution >= 0.6 is 0 Å². The first kappa shape index (κ1) is 17.7. The van der Waals surface area contributed by atoms with Gasteiger partial charge in [-0.1, -0.05) is 37.3 Å². The summed E-state index contributed by atoms with van der Waals surface area (Å²) >= 11 is 0. The molecule has 3 rings (SSSR count). The topological polar surface area (TPSA) is 77.1 Å². The molecule has 0 aliphatic heterocycles. The Bertz CT molecular complexity index is 902. The minimum atomic E-state index is -0.218. The Morgan fingerprint density at radius 2 is 1.96 bits per heavy atom. The zero-order chi connectivity index (χ0) is 18.4. The van der Waals surface area contributed by atoms with E-state index in [-0.39, 0.29) is 17.4 Å². The van der Waals surface area contributed by atoms with Crippen LogP contribution < -0.4 is 10.9 Å². The molecule has 0 aliphatic rings. The van der Waals surface area contributed by atoms with Gasteiger partial charge in [-0.3, -0.25) is 9.59 Å². The summed E-state index contributed by atoms with van der Waals surface area (Å²) in [6.07, 6.45) is 2.27. The van der Waals surface area contributed by atoms with Crippen LogP contribution in [0.1, 0.15) is 24.8 Å². The van der Waals surface area contributed by atoms with Crippen molar-refractivity contribution in [2.45, 2.75) is 25.8 Å². The number of furan rings is 1. The number of carbonyl (C=O) groups excluding carboxylic acids is 1. The lowest BCUT2D eigenvalue weighted by Crippen LogP contribution is -2.34. The highest BCUT2D eigenvalue weighted by Crippen LogP contribution is 2.19. The largest absolute Gasteiger partial charge is 0.463 e. The molecule has 0 saturated heterocycles. The summed E-state index contributed by atoms with van der Waals surface area (Å²) < 4.78 is 6.64. The molecule has 0 unspecified atom stereocenters. The van der Waals surface area contributed by atoms with Gasteiger partial charge in [0.2, 0.25) is 5.91 Å². The first-order valence-electron chi connectivity index (χ1n) is 8.63. The Hall–Kier alpha value is -3.15. The monoisotopic (exact) mass is 351 g/mol. The van der Waals surface area contributed by atoms with Crippen molar-refractivity contribution in [2.75, 3.05) is 6.54 Å². The van der Waals surface area contributed by atoms with Crippen LogP contribution in [0.15, 0.2) is 70.1 Å². The molecule has 1 aromatic carbocycles. The summed E-state index contributed by atoms with van der Waals surface area (Å²) in [6, 6.07) is 16.3. The second kappa shape index (κ2) is 8.29. The maximum atomic E-state index is 12.5. The van der Waals surface area contributed by atoms with E-state index in [2.05, 4.69) is 10.4 Å². The van der Waals surface area contributed by atoms with Crippen LogP contribution in [0.2, 0.25) is 0 Å². The van der Waals surface area contributed by atoms with Gasteiger partial charge in [0, 0.05) is 12.6 Å². The van der Waals surface area contributed by atoms with Gasteiger partial charge in [0.1, 0.15) is 5.69 Å². The standard InChI is InChI=1S/C20H21N3O3/c1-2-16(15-7-4-3-5-8-15)20(25)21-12-13-23-19(24)11-10-17(22-23)18-9-6-14-26-18/h3-11,14,16H,2,12-13H2,1H3,(H,21,25)/t16-/m1/s1. The van der Waals surface area contributed by atoms with Crippen LogP contribution in [0.25, 0.3) is 11.5 Å². The summed E-state index contributed by atoms with van der Waals surface area (Å²) in [5, 5.41) is 7.19. The van der Waals surface area contributed by atoms with Crippen molar-refractivity contribution in [3.63, 3.8) is 0 Å². The van der Waals surface area contributed by atoms with Crippen molar-refractivity contribution in [3.8, 4) is 11.5 Å². The molecule has 6 nitrogen and oxygen atoms in total. The van der Waals surface area contributed by atoms with Gasteiger partial charge < -0.3 is 9.73 Å². The van der Waals surface area contributed by atoms with Crippen molar-refractivity contribution in [1.29, 1.82) is 0 Å². The number of hydrogen-bond donors (Lipinski definition) is 1. The summed E-state index contributed by atoms with van der Waals surface area (Å²) in [5.74, 6) is 0.349. The third-order valence-corrected chi connectivity index (χ3v) is 4.19.